The molecule has 0 spiro atoms. The van der Waals surface area contributed by atoms with E-state index in [9.17, 15) is 14.4 Å². The second-order valence-electron chi connectivity index (χ2n) is 17.0. The molecule has 0 aromatic carbocycles. The van der Waals surface area contributed by atoms with Crippen LogP contribution in [0.25, 0.3) is 0 Å². The molecule has 6 heteroatoms. The number of ether oxygens (including phenoxy) is 3. The molecule has 0 saturated heterocycles. The molecular formula is C63H96O6. The maximum absolute atomic E-state index is 12.8. The zero-order valence-electron chi connectivity index (χ0n) is 43.8. The van der Waals surface area contributed by atoms with E-state index in [2.05, 4.69) is 167 Å². The van der Waals surface area contributed by atoms with E-state index in [1.165, 1.54) is 38.5 Å². The molecule has 1 atom stereocenters. The molecule has 1 unspecified atom stereocenters. The molecule has 0 aromatic rings. The highest BCUT2D eigenvalue weighted by atomic mass is 16.6. The molecule has 0 aromatic heterocycles. The molecule has 0 rings (SSSR count). The summed E-state index contributed by atoms with van der Waals surface area (Å²) in [6.45, 7) is 6.21. The highest BCUT2D eigenvalue weighted by Crippen LogP contribution is 2.11. The predicted octanol–water partition coefficient (Wildman–Crippen LogP) is 18.2. The molecule has 0 aliphatic carbocycles. The highest BCUT2D eigenvalue weighted by molar-refractivity contribution is 5.72. The van der Waals surface area contributed by atoms with E-state index in [1.54, 1.807) is 6.08 Å². The molecule has 0 N–H and O–H groups in total. The third kappa shape index (κ3) is 53.8. The lowest BCUT2D eigenvalue weighted by Crippen LogP contribution is -2.30. The molecule has 384 valence electrons. The van der Waals surface area contributed by atoms with E-state index in [-0.39, 0.29) is 32.0 Å². The van der Waals surface area contributed by atoms with Crippen molar-refractivity contribution in [3.05, 3.63) is 158 Å². The fourth-order valence-corrected chi connectivity index (χ4v) is 6.56. The van der Waals surface area contributed by atoms with Gasteiger partial charge in [-0.2, -0.15) is 0 Å². The van der Waals surface area contributed by atoms with Crippen LogP contribution in [0.15, 0.2) is 158 Å². The van der Waals surface area contributed by atoms with Gasteiger partial charge < -0.3 is 14.2 Å². The Morgan fingerprint density at radius 3 is 1.06 bits per heavy atom. The SMILES string of the molecule is CC/C=C\C/C=C\C/C=C\C/C=C\C/C=C\CCCC(=O)OC(COC(=O)C/C=C\C/C=C\C/C=C\C/C=C\C/C=C\CC)COC(=O)CCCCCCCC/C=C\C/C=C\C/C=C\CCCCC. The molecule has 0 aliphatic rings. The van der Waals surface area contributed by atoms with Gasteiger partial charge in [-0.1, -0.05) is 217 Å². The van der Waals surface area contributed by atoms with E-state index in [1.807, 2.05) is 6.08 Å². The van der Waals surface area contributed by atoms with Crippen LogP contribution in [-0.2, 0) is 28.6 Å². The molecule has 0 saturated carbocycles. The summed E-state index contributed by atoms with van der Waals surface area (Å²) >= 11 is 0. The monoisotopic (exact) mass is 949 g/mol. The Labute approximate surface area is 422 Å². The van der Waals surface area contributed by atoms with Crippen LogP contribution in [0.5, 0.6) is 0 Å². The van der Waals surface area contributed by atoms with Gasteiger partial charge in [-0.05, 0) is 122 Å². The number of allylic oxidation sites excluding steroid dienone is 25. The van der Waals surface area contributed by atoms with Crippen LogP contribution in [-0.4, -0.2) is 37.2 Å². The molecule has 0 radical (unpaired) electrons. The lowest BCUT2D eigenvalue weighted by atomic mass is 10.1. The van der Waals surface area contributed by atoms with Crippen LogP contribution in [0.4, 0.5) is 0 Å². The molecular weight excluding hydrogens is 853 g/mol. The minimum absolute atomic E-state index is 0.104. The minimum atomic E-state index is -0.861. The van der Waals surface area contributed by atoms with Crippen molar-refractivity contribution in [1.82, 2.24) is 0 Å². The number of hydrogen-bond acceptors (Lipinski definition) is 6. The van der Waals surface area contributed by atoms with Gasteiger partial charge in [-0.15, -0.1) is 0 Å². The van der Waals surface area contributed by atoms with E-state index in [0.717, 1.165) is 109 Å². The molecule has 6 nitrogen and oxygen atoms in total. The van der Waals surface area contributed by atoms with Crippen molar-refractivity contribution >= 4 is 17.9 Å². The quantitative estimate of drug-likeness (QED) is 0.0262. The van der Waals surface area contributed by atoms with Gasteiger partial charge in [-0.3, -0.25) is 14.4 Å². The van der Waals surface area contributed by atoms with Crippen LogP contribution >= 0.6 is 0 Å². The molecule has 69 heavy (non-hydrogen) atoms. The van der Waals surface area contributed by atoms with Crippen molar-refractivity contribution in [3.63, 3.8) is 0 Å². The van der Waals surface area contributed by atoms with Gasteiger partial charge in [0.2, 0.25) is 0 Å². The Hall–Kier alpha value is -4.97. The van der Waals surface area contributed by atoms with Crippen molar-refractivity contribution < 1.29 is 28.6 Å². The maximum Gasteiger partial charge on any atom is 0.309 e. The standard InChI is InChI=1S/C63H96O6/c1-4-7-10-13-16-19-22-25-28-30-31-33-35-38-41-44-47-50-53-56-62(65)68-59-60(58-67-61(64)55-52-49-46-43-40-37-34-27-24-21-18-15-12-9-6-3)69-63(66)57-54-51-48-45-42-39-36-32-29-26-23-20-17-14-11-8-5-2/h8-9,11-12,16-21,25-29,31,33-34,36,39-40,43,45,48-49,52,60H,4-7,10,13-15,22-24,30,32,35,37-38,41-42,44,46-47,50-51,53-59H2,1-3H3/b11-8-,12-9-,19-16-,20-17-,21-18-,28-25-,29-26-,33-31-,34-27-,39-36-,43-40-,48-45-,52-49-. The van der Waals surface area contributed by atoms with Gasteiger partial charge in [-0.25, -0.2) is 0 Å². The summed E-state index contributed by atoms with van der Waals surface area (Å²) in [6.07, 6.45) is 81.1. The lowest BCUT2D eigenvalue weighted by molar-refractivity contribution is -0.166. The van der Waals surface area contributed by atoms with Crippen molar-refractivity contribution in [2.24, 2.45) is 0 Å². The van der Waals surface area contributed by atoms with Crippen LogP contribution in [0, 0.1) is 0 Å². The Morgan fingerprint density at radius 1 is 0.319 bits per heavy atom. The Morgan fingerprint density at radius 2 is 0.638 bits per heavy atom. The van der Waals surface area contributed by atoms with Crippen molar-refractivity contribution in [2.75, 3.05) is 13.2 Å². The summed E-state index contributed by atoms with van der Waals surface area (Å²) in [5.41, 5.74) is 0. The van der Waals surface area contributed by atoms with Gasteiger partial charge in [0.1, 0.15) is 13.2 Å². The van der Waals surface area contributed by atoms with Gasteiger partial charge in [0.05, 0.1) is 6.42 Å². The van der Waals surface area contributed by atoms with Crippen molar-refractivity contribution in [1.29, 1.82) is 0 Å². The lowest BCUT2D eigenvalue weighted by Gasteiger charge is -2.18. The third-order valence-corrected chi connectivity index (χ3v) is 10.5. The fraction of sp³-hybridized carbons (Fsp3) is 0.540. The van der Waals surface area contributed by atoms with Gasteiger partial charge in [0, 0.05) is 12.8 Å². The summed E-state index contributed by atoms with van der Waals surface area (Å²) in [7, 11) is 0. The third-order valence-electron chi connectivity index (χ3n) is 10.5. The second-order valence-corrected chi connectivity index (χ2v) is 17.0. The molecule has 0 bridgehead atoms. The average molecular weight is 949 g/mol. The van der Waals surface area contributed by atoms with E-state index >= 15 is 0 Å². The molecule has 0 amide bonds. The first-order chi connectivity index (χ1) is 34.0. The smallest absolute Gasteiger partial charge is 0.309 e. The molecule has 0 heterocycles. The van der Waals surface area contributed by atoms with E-state index in [4.69, 9.17) is 14.2 Å². The van der Waals surface area contributed by atoms with Crippen LogP contribution in [0.1, 0.15) is 201 Å². The zero-order chi connectivity index (χ0) is 50.0. The first kappa shape index (κ1) is 64.0. The van der Waals surface area contributed by atoms with E-state index in [0.29, 0.717) is 19.3 Å². The minimum Gasteiger partial charge on any atom is -0.462 e. The zero-order valence-corrected chi connectivity index (χ0v) is 43.8. The van der Waals surface area contributed by atoms with Crippen molar-refractivity contribution in [2.45, 2.75) is 207 Å². The predicted molar refractivity (Wildman–Crippen MR) is 297 cm³/mol. The Kier molecular flexibility index (Phi) is 51.6. The number of esters is 3. The number of hydrogen-bond donors (Lipinski definition) is 0. The summed E-state index contributed by atoms with van der Waals surface area (Å²) in [5.74, 6) is -1.16. The van der Waals surface area contributed by atoms with Crippen molar-refractivity contribution in [3.8, 4) is 0 Å². The van der Waals surface area contributed by atoms with E-state index < -0.39 is 18.0 Å². The summed E-state index contributed by atoms with van der Waals surface area (Å²) in [4.78, 5) is 38.0. The van der Waals surface area contributed by atoms with Crippen LogP contribution in [0.3, 0.4) is 0 Å². The second kappa shape index (κ2) is 55.6. The number of carbonyl (C=O) groups excluding carboxylic acids is 3. The average Bonchev–Trinajstić information content (AvgIpc) is 3.35. The number of carbonyl (C=O) groups is 3. The van der Waals surface area contributed by atoms with Crippen LogP contribution < -0.4 is 0 Å². The first-order valence-corrected chi connectivity index (χ1v) is 27.0. The maximum atomic E-state index is 12.8. The van der Waals surface area contributed by atoms with Gasteiger partial charge in [0.25, 0.3) is 0 Å². The Bertz CT molecular complexity index is 1610. The molecule has 0 fully saturated rings. The summed E-state index contributed by atoms with van der Waals surface area (Å²) in [5, 5.41) is 0. The van der Waals surface area contributed by atoms with Gasteiger partial charge >= 0.3 is 17.9 Å². The summed E-state index contributed by atoms with van der Waals surface area (Å²) < 4.78 is 16.7. The fourth-order valence-electron chi connectivity index (χ4n) is 6.56. The molecule has 0 aliphatic heterocycles. The topological polar surface area (TPSA) is 78.9 Å². The number of rotatable bonds is 46. The number of unbranched alkanes of at least 4 members (excludes halogenated alkanes) is 10. The Balaban J connectivity index is 4.64. The van der Waals surface area contributed by atoms with Crippen LogP contribution in [0.2, 0.25) is 0 Å². The summed E-state index contributed by atoms with van der Waals surface area (Å²) in [6, 6.07) is 0. The highest BCUT2D eigenvalue weighted by Gasteiger charge is 2.19. The normalized spacial score (nSPS) is 13.4. The largest absolute Gasteiger partial charge is 0.462 e. The van der Waals surface area contributed by atoms with Gasteiger partial charge in [0.15, 0.2) is 6.10 Å². The first-order valence-electron chi connectivity index (χ1n) is 27.0.